The molecule has 9 nitrogen and oxygen atoms in total. The Morgan fingerprint density at radius 1 is 1.10 bits per heavy atom. The van der Waals surface area contributed by atoms with Gasteiger partial charge in [-0.25, -0.2) is 8.42 Å². The van der Waals surface area contributed by atoms with Gasteiger partial charge in [0, 0.05) is 32.7 Å². The van der Waals surface area contributed by atoms with Crippen LogP contribution in [0.3, 0.4) is 0 Å². The first kappa shape index (κ1) is 18.3. The summed E-state index contributed by atoms with van der Waals surface area (Å²) in [5.41, 5.74) is 0. The summed E-state index contributed by atoms with van der Waals surface area (Å²) in [6.45, 7) is 1.47. The van der Waals surface area contributed by atoms with Gasteiger partial charge in [0.1, 0.15) is 6.54 Å². The predicted octanol–water partition coefficient (Wildman–Crippen LogP) is -1.39. The van der Waals surface area contributed by atoms with Crippen molar-refractivity contribution in [2.75, 3.05) is 45.5 Å². The Kier molecular flexibility index (Phi) is 6.11. The standard InChI is InChI=1S/C10H21N3O6S2/c1-3-4-13(9-10(14)15)21(18,19)12-7-5-11(6-8-12)20(2,16)17/h3-9H2,1-2H3,(H,14,15). The molecule has 0 bridgehead atoms. The lowest BCUT2D eigenvalue weighted by Gasteiger charge is -2.35. The van der Waals surface area contributed by atoms with Crippen LogP contribution in [0, 0.1) is 0 Å². The topological polar surface area (TPSA) is 115 Å². The molecule has 124 valence electrons. The van der Waals surface area contributed by atoms with Crippen molar-refractivity contribution in [2.45, 2.75) is 13.3 Å². The molecular formula is C10H21N3O6S2. The van der Waals surface area contributed by atoms with Crippen molar-refractivity contribution >= 4 is 26.2 Å². The van der Waals surface area contributed by atoms with Crippen LogP contribution in [0.5, 0.6) is 0 Å². The van der Waals surface area contributed by atoms with E-state index < -0.39 is 32.7 Å². The van der Waals surface area contributed by atoms with Gasteiger partial charge in [-0.3, -0.25) is 4.79 Å². The second-order valence-corrected chi connectivity index (χ2v) is 8.71. The summed E-state index contributed by atoms with van der Waals surface area (Å²) in [4.78, 5) is 10.8. The summed E-state index contributed by atoms with van der Waals surface area (Å²) in [6, 6.07) is 0. The van der Waals surface area contributed by atoms with Crippen LogP contribution in [0.2, 0.25) is 0 Å². The number of hydrogen-bond acceptors (Lipinski definition) is 5. The number of carboxylic acid groups (broad SMARTS) is 1. The molecule has 0 aromatic rings. The van der Waals surface area contributed by atoms with Gasteiger partial charge in [-0.15, -0.1) is 0 Å². The largest absolute Gasteiger partial charge is 0.480 e. The van der Waals surface area contributed by atoms with Crippen LogP contribution in [0.4, 0.5) is 0 Å². The van der Waals surface area contributed by atoms with Gasteiger partial charge in [0.15, 0.2) is 0 Å². The second-order valence-electron chi connectivity index (χ2n) is 4.80. The summed E-state index contributed by atoms with van der Waals surface area (Å²) in [5, 5.41) is 8.81. The number of piperazine rings is 1. The fourth-order valence-electron chi connectivity index (χ4n) is 2.07. The number of hydrogen-bond donors (Lipinski definition) is 1. The molecular weight excluding hydrogens is 322 g/mol. The fourth-order valence-corrected chi connectivity index (χ4v) is 4.54. The van der Waals surface area contributed by atoms with E-state index in [4.69, 9.17) is 5.11 Å². The van der Waals surface area contributed by atoms with E-state index in [1.54, 1.807) is 6.92 Å². The van der Waals surface area contributed by atoms with Crippen molar-refractivity contribution in [3.63, 3.8) is 0 Å². The minimum atomic E-state index is -3.89. The molecule has 0 atom stereocenters. The molecule has 1 N–H and O–H groups in total. The Morgan fingerprint density at radius 3 is 1.95 bits per heavy atom. The van der Waals surface area contributed by atoms with Crippen LogP contribution in [0.25, 0.3) is 0 Å². The number of carboxylic acids is 1. The number of sulfonamides is 1. The first-order chi connectivity index (χ1) is 9.59. The maximum Gasteiger partial charge on any atom is 0.318 e. The first-order valence-corrected chi connectivity index (χ1v) is 9.75. The number of nitrogens with zero attached hydrogens (tertiary/aromatic N) is 3. The van der Waals surface area contributed by atoms with Crippen LogP contribution in [-0.4, -0.2) is 86.4 Å². The molecule has 0 amide bonds. The summed E-state index contributed by atoms with van der Waals surface area (Å²) >= 11 is 0. The highest BCUT2D eigenvalue weighted by atomic mass is 32.2. The average molecular weight is 343 g/mol. The van der Waals surface area contributed by atoms with E-state index in [9.17, 15) is 21.6 Å². The predicted molar refractivity (Wildman–Crippen MR) is 76.4 cm³/mol. The molecule has 0 aliphatic carbocycles. The highest BCUT2D eigenvalue weighted by Crippen LogP contribution is 2.14. The zero-order valence-electron chi connectivity index (χ0n) is 12.1. The Labute approximate surface area is 125 Å². The second kappa shape index (κ2) is 7.01. The van der Waals surface area contributed by atoms with Crippen molar-refractivity contribution < 1.29 is 26.7 Å². The molecule has 0 spiro atoms. The Bertz CT molecular complexity index is 566. The van der Waals surface area contributed by atoms with Crippen LogP contribution in [-0.2, 0) is 25.0 Å². The van der Waals surface area contributed by atoms with Gasteiger partial charge >= 0.3 is 5.97 Å². The quantitative estimate of drug-likeness (QED) is 0.608. The molecule has 1 aliphatic heterocycles. The maximum absolute atomic E-state index is 12.4. The van der Waals surface area contributed by atoms with E-state index >= 15 is 0 Å². The zero-order valence-corrected chi connectivity index (χ0v) is 13.7. The normalized spacial score (nSPS) is 19.0. The smallest absolute Gasteiger partial charge is 0.318 e. The maximum atomic E-state index is 12.4. The van der Waals surface area contributed by atoms with Crippen molar-refractivity contribution in [3.05, 3.63) is 0 Å². The fraction of sp³-hybridized carbons (Fsp3) is 0.900. The minimum Gasteiger partial charge on any atom is -0.480 e. The molecule has 1 heterocycles. The van der Waals surface area contributed by atoms with Crippen LogP contribution < -0.4 is 0 Å². The number of aliphatic carboxylic acids is 1. The molecule has 1 rings (SSSR count). The molecule has 0 radical (unpaired) electrons. The molecule has 1 aliphatic rings. The van der Waals surface area contributed by atoms with Gasteiger partial charge in [0.25, 0.3) is 10.2 Å². The molecule has 21 heavy (non-hydrogen) atoms. The van der Waals surface area contributed by atoms with Gasteiger partial charge < -0.3 is 5.11 Å². The van der Waals surface area contributed by atoms with E-state index in [2.05, 4.69) is 0 Å². The van der Waals surface area contributed by atoms with Gasteiger partial charge in [0.05, 0.1) is 6.26 Å². The van der Waals surface area contributed by atoms with Gasteiger partial charge in [-0.05, 0) is 6.42 Å². The minimum absolute atomic E-state index is 0.0231. The van der Waals surface area contributed by atoms with E-state index in [0.717, 1.165) is 14.9 Å². The molecule has 0 aromatic heterocycles. The summed E-state index contributed by atoms with van der Waals surface area (Å²) in [5.74, 6) is -1.22. The number of carbonyl (C=O) groups is 1. The summed E-state index contributed by atoms with van der Waals surface area (Å²) in [6.07, 6.45) is 1.57. The molecule has 0 aromatic carbocycles. The zero-order chi connectivity index (χ0) is 16.3. The third-order valence-corrected chi connectivity index (χ3v) is 6.39. The van der Waals surface area contributed by atoms with E-state index in [1.807, 2.05) is 0 Å². The first-order valence-electron chi connectivity index (χ1n) is 6.51. The molecule has 11 heteroatoms. The average Bonchev–Trinajstić information content (AvgIpc) is 2.37. The van der Waals surface area contributed by atoms with E-state index in [1.165, 1.54) is 4.31 Å². The van der Waals surface area contributed by atoms with Crippen molar-refractivity contribution in [1.29, 1.82) is 0 Å². The highest BCUT2D eigenvalue weighted by Gasteiger charge is 2.34. The van der Waals surface area contributed by atoms with Gasteiger partial charge in [-0.1, -0.05) is 6.92 Å². The lowest BCUT2D eigenvalue weighted by Crippen LogP contribution is -2.54. The van der Waals surface area contributed by atoms with E-state index in [0.29, 0.717) is 6.42 Å². The lowest BCUT2D eigenvalue weighted by atomic mass is 10.4. The third-order valence-electron chi connectivity index (χ3n) is 3.10. The summed E-state index contributed by atoms with van der Waals surface area (Å²) in [7, 11) is -7.23. The van der Waals surface area contributed by atoms with Crippen LogP contribution >= 0.6 is 0 Å². The van der Waals surface area contributed by atoms with Crippen molar-refractivity contribution in [2.24, 2.45) is 0 Å². The Morgan fingerprint density at radius 2 is 1.57 bits per heavy atom. The van der Waals surface area contributed by atoms with Crippen LogP contribution in [0.15, 0.2) is 0 Å². The molecule has 0 unspecified atom stereocenters. The molecule has 0 saturated carbocycles. The van der Waals surface area contributed by atoms with E-state index in [-0.39, 0.29) is 32.7 Å². The molecule has 1 saturated heterocycles. The SMILES string of the molecule is CCCN(CC(=O)O)S(=O)(=O)N1CCN(S(C)(=O)=O)CC1. The molecule has 1 fully saturated rings. The number of rotatable bonds is 7. The Balaban J connectivity index is 2.81. The van der Waals surface area contributed by atoms with Crippen LogP contribution in [0.1, 0.15) is 13.3 Å². The Hall–Kier alpha value is -0.750. The van der Waals surface area contributed by atoms with Crippen molar-refractivity contribution in [3.8, 4) is 0 Å². The third kappa shape index (κ3) is 4.88. The monoisotopic (exact) mass is 343 g/mol. The summed E-state index contributed by atoms with van der Waals surface area (Å²) < 4.78 is 50.8. The van der Waals surface area contributed by atoms with Gasteiger partial charge in [0.2, 0.25) is 10.0 Å². The van der Waals surface area contributed by atoms with Gasteiger partial charge in [-0.2, -0.15) is 21.3 Å². The van der Waals surface area contributed by atoms with Crippen molar-refractivity contribution in [1.82, 2.24) is 12.9 Å². The lowest BCUT2D eigenvalue weighted by molar-refractivity contribution is -0.137. The highest BCUT2D eigenvalue weighted by molar-refractivity contribution is 7.88.